The fraction of sp³-hybridized carbons (Fsp3) is 0.818. The lowest BCUT2D eigenvalue weighted by molar-refractivity contribution is -0.150. The molecular weight excluding hydrogens is 224 g/mol. The van der Waals surface area contributed by atoms with Crippen molar-refractivity contribution in [3.63, 3.8) is 0 Å². The number of amides is 1. The van der Waals surface area contributed by atoms with Crippen molar-refractivity contribution < 1.29 is 19.8 Å². The zero-order chi connectivity index (χ0) is 12.6. The summed E-state index contributed by atoms with van der Waals surface area (Å²) in [5.74, 6) is -1.39. The van der Waals surface area contributed by atoms with Crippen LogP contribution in [0.15, 0.2) is 0 Å². The molecule has 0 aromatic carbocycles. The minimum Gasteiger partial charge on any atom is -0.480 e. The number of nitrogens with two attached hydrogens (primary N) is 1. The van der Waals surface area contributed by atoms with Crippen molar-refractivity contribution in [2.24, 2.45) is 5.73 Å². The summed E-state index contributed by atoms with van der Waals surface area (Å²) in [4.78, 5) is 24.5. The second kappa shape index (κ2) is 4.27. The van der Waals surface area contributed by atoms with E-state index in [4.69, 9.17) is 10.8 Å². The molecule has 0 radical (unpaired) electrons. The molecule has 1 aliphatic carbocycles. The maximum atomic E-state index is 12.3. The van der Waals surface area contributed by atoms with Crippen LogP contribution in [0.4, 0.5) is 0 Å². The van der Waals surface area contributed by atoms with E-state index in [1.54, 1.807) is 0 Å². The monoisotopic (exact) mass is 242 g/mol. The van der Waals surface area contributed by atoms with Gasteiger partial charge in [-0.25, -0.2) is 4.79 Å². The summed E-state index contributed by atoms with van der Waals surface area (Å²) in [5.41, 5.74) is 5.11. The van der Waals surface area contributed by atoms with Gasteiger partial charge in [0.15, 0.2) is 0 Å². The highest BCUT2D eigenvalue weighted by Crippen LogP contribution is 2.31. The Kier molecular flexibility index (Phi) is 3.09. The Morgan fingerprint density at radius 3 is 2.41 bits per heavy atom. The van der Waals surface area contributed by atoms with Crippen LogP contribution < -0.4 is 5.73 Å². The molecule has 1 heterocycles. The van der Waals surface area contributed by atoms with E-state index in [0.717, 1.165) is 12.8 Å². The van der Waals surface area contributed by atoms with Gasteiger partial charge in [-0.1, -0.05) is 12.8 Å². The number of aliphatic carboxylic acids is 1. The normalized spacial score (nSPS) is 31.8. The van der Waals surface area contributed by atoms with Crippen LogP contribution in [0.3, 0.4) is 0 Å². The number of rotatable bonds is 2. The van der Waals surface area contributed by atoms with Gasteiger partial charge in [0.25, 0.3) is 0 Å². The summed E-state index contributed by atoms with van der Waals surface area (Å²) >= 11 is 0. The third-order valence-corrected chi connectivity index (χ3v) is 3.75. The van der Waals surface area contributed by atoms with Crippen molar-refractivity contribution in [3.8, 4) is 0 Å². The number of carboxylic acids is 1. The standard InChI is InChI=1S/C11H18N2O4/c12-11(3-1-2-4-11)10(17)13-6-7(14)5-8(13)9(15)16/h7-8,14H,1-6,12H2,(H,15,16)/t7-,8-/m1/s1. The molecule has 1 saturated heterocycles. The highest BCUT2D eigenvalue weighted by atomic mass is 16.4. The molecule has 4 N–H and O–H groups in total. The number of hydrogen-bond acceptors (Lipinski definition) is 4. The van der Waals surface area contributed by atoms with Gasteiger partial charge in [-0.05, 0) is 12.8 Å². The zero-order valence-electron chi connectivity index (χ0n) is 9.63. The van der Waals surface area contributed by atoms with Crippen molar-refractivity contribution >= 4 is 11.9 Å². The van der Waals surface area contributed by atoms with Crippen molar-refractivity contribution in [2.75, 3.05) is 6.54 Å². The van der Waals surface area contributed by atoms with E-state index < -0.39 is 23.7 Å². The molecule has 96 valence electrons. The van der Waals surface area contributed by atoms with Crippen LogP contribution in [0.2, 0.25) is 0 Å². The number of carbonyl (C=O) groups is 2. The lowest BCUT2D eigenvalue weighted by Gasteiger charge is -2.30. The zero-order valence-corrected chi connectivity index (χ0v) is 9.63. The van der Waals surface area contributed by atoms with Gasteiger partial charge in [0.05, 0.1) is 11.6 Å². The van der Waals surface area contributed by atoms with Crippen LogP contribution in [-0.2, 0) is 9.59 Å². The Hall–Kier alpha value is -1.14. The SMILES string of the molecule is NC1(C(=O)N2C[C@H](O)C[C@@H]2C(=O)O)CCCC1. The predicted molar refractivity (Wildman–Crippen MR) is 59.1 cm³/mol. The lowest BCUT2D eigenvalue weighted by atomic mass is 9.97. The lowest BCUT2D eigenvalue weighted by Crippen LogP contribution is -2.56. The first kappa shape index (κ1) is 12.3. The molecule has 0 aromatic rings. The number of aliphatic hydroxyl groups is 1. The summed E-state index contributed by atoms with van der Waals surface area (Å²) in [6, 6.07) is -0.932. The first-order valence-electron chi connectivity index (χ1n) is 5.95. The molecule has 0 bridgehead atoms. The molecule has 1 amide bonds. The Morgan fingerprint density at radius 1 is 1.29 bits per heavy atom. The van der Waals surface area contributed by atoms with Gasteiger partial charge in [0, 0.05) is 13.0 Å². The molecule has 1 saturated carbocycles. The number of likely N-dealkylation sites (tertiary alicyclic amines) is 1. The van der Waals surface area contributed by atoms with Gasteiger partial charge in [-0.3, -0.25) is 4.79 Å². The van der Waals surface area contributed by atoms with Crippen LogP contribution in [0.5, 0.6) is 0 Å². The van der Waals surface area contributed by atoms with Gasteiger partial charge in [-0.15, -0.1) is 0 Å². The minimum atomic E-state index is -1.07. The Bertz CT molecular complexity index is 338. The van der Waals surface area contributed by atoms with Crippen LogP contribution >= 0.6 is 0 Å². The summed E-state index contributed by atoms with van der Waals surface area (Å²) in [6.45, 7) is 0.0781. The van der Waals surface area contributed by atoms with E-state index in [1.807, 2.05) is 0 Å². The molecule has 2 rings (SSSR count). The summed E-state index contributed by atoms with van der Waals surface area (Å²) < 4.78 is 0. The van der Waals surface area contributed by atoms with E-state index in [9.17, 15) is 14.7 Å². The summed E-state index contributed by atoms with van der Waals surface area (Å²) in [7, 11) is 0. The third kappa shape index (κ3) is 2.14. The quantitative estimate of drug-likeness (QED) is 0.594. The average molecular weight is 242 g/mol. The van der Waals surface area contributed by atoms with Gasteiger partial charge in [0.1, 0.15) is 6.04 Å². The Labute approximate surface area is 99.4 Å². The molecule has 0 unspecified atom stereocenters. The molecule has 0 spiro atoms. The number of carboxylic acid groups (broad SMARTS) is 1. The van der Waals surface area contributed by atoms with Crippen LogP contribution in [0.1, 0.15) is 32.1 Å². The molecule has 2 fully saturated rings. The number of nitrogens with zero attached hydrogens (tertiary/aromatic N) is 1. The fourth-order valence-electron chi connectivity index (χ4n) is 2.78. The highest BCUT2D eigenvalue weighted by Gasteiger charge is 2.47. The molecule has 0 aromatic heterocycles. The second-order valence-corrected chi connectivity index (χ2v) is 5.06. The van der Waals surface area contributed by atoms with Gasteiger partial charge in [0.2, 0.25) is 5.91 Å². The third-order valence-electron chi connectivity index (χ3n) is 3.75. The highest BCUT2D eigenvalue weighted by molar-refractivity contribution is 5.90. The topological polar surface area (TPSA) is 104 Å². The fourth-order valence-corrected chi connectivity index (χ4v) is 2.78. The maximum absolute atomic E-state index is 12.3. The van der Waals surface area contributed by atoms with Crippen LogP contribution in [-0.4, -0.2) is 51.2 Å². The largest absolute Gasteiger partial charge is 0.480 e. The first-order valence-corrected chi connectivity index (χ1v) is 5.95. The van der Waals surface area contributed by atoms with Gasteiger partial charge in [-0.2, -0.15) is 0 Å². The second-order valence-electron chi connectivity index (χ2n) is 5.06. The van der Waals surface area contributed by atoms with E-state index in [0.29, 0.717) is 12.8 Å². The molecule has 6 nitrogen and oxygen atoms in total. The molecule has 2 atom stereocenters. The van der Waals surface area contributed by atoms with Gasteiger partial charge < -0.3 is 20.8 Å². The average Bonchev–Trinajstić information content (AvgIpc) is 2.84. The maximum Gasteiger partial charge on any atom is 0.326 e. The Morgan fingerprint density at radius 2 is 1.88 bits per heavy atom. The number of β-amino-alcohol motifs (C(OH)–C–C–N with tert-alkyl or cyclic N) is 1. The molecular formula is C11H18N2O4. The van der Waals surface area contributed by atoms with E-state index >= 15 is 0 Å². The van der Waals surface area contributed by atoms with Crippen molar-refractivity contribution in [1.29, 1.82) is 0 Å². The number of aliphatic hydroxyl groups excluding tert-OH is 1. The minimum absolute atomic E-state index is 0.0781. The van der Waals surface area contributed by atoms with E-state index in [2.05, 4.69) is 0 Å². The Balaban J connectivity index is 2.15. The number of hydrogen-bond donors (Lipinski definition) is 3. The van der Waals surface area contributed by atoms with Crippen molar-refractivity contribution in [2.45, 2.75) is 49.8 Å². The van der Waals surface area contributed by atoms with Gasteiger partial charge >= 0.3 is 5.97 Å². The molecule has 17 heavy (non-hydrogen) atoms. The molecule has 1 aliphatic heterocycles. The first-order chi connectivity index (χ1) is 7.94. The van der Waals surface area contributed by atoms with E-state index in [-0.39, 0.29) is 18.9 Å². The molecule has 6 heteroatoms. The van der Waals surface area contributed by atoms with Crippen LogP contribution in [0, 0.1) is 0 Å². The van der Waals surface area contributed by atoms with Crippen molar-refractivity contribution in [3.05, 3.63) is 0 Å². The van der Waals surface area contributed by atoms with E-state index in [1.165, 1.54) is 4.90 Å². The van der Waals surface area contributed by atoms with Crippen molar-refractivity contribution in [1.82, 2.24) is 4.90 Å². The molecule has 2 aliphatic rings. The smallest absolute Gasteiger partial charge is 0.326 e. The summed E-state index contributed by atoms with van der Waals surface area (Å²) in [5, 5.41) is 18.5. The van der Waals surface area contributed by atoms with Crippen LogP contribution in [0.25, 0.3) is 0 Å². The predicted octanol–water partition coefficient (Wildman–Crippen LogP) is -0.696. The summed E-state index contributed by atoms with van der Waals surface area (Å²) in [6.07, 6.45) is 2.34. The number of carbonyl (C=O) groups excluding carboxylic acids is 1.